The van der Waals surface area contributed by atoms with Crippen molar-refractivity contribution in [3.63, 3.8) is 0 Å². The van der Waals surface area contributed by atoms with Crippen molar-refractivity contribution >= 4 is 39.0 Å². The number of hydrogen-bond acceptors (Lipinski definition) is 5. The van der Waals surface area contributed by atoms with E-state index in [1.165, 1.54) is 31.7 Å². The smallest absolute Gasteiger partial charge is 0.258 e. The molecule has 0 amide bonds. The number of nitro benzene ring substituents is 1. The minimum absolute atomic E-state index is 0.135. The van der Waals surface area contributed by atoms with Crippen molar-refractivity contribution in [2.24, 2.45) is 0 Å². The summed E-state index contributed by atoms with van der Waals surface area (Å²) in [5.41, 5.74) is 0.988. The highest BCUT2D eigenvalue weighted by atomic mass is 32.2. The van der Waals surface area contributed by atoms with Crippen LogP contribution in [0.25, 0.3) is 10.2 Å². The third kappa shape index (κ3) is 3.91. The normalized spacial score (nSPS) is 11.0. The van der Waals surface area contributed by atoms with E-state index in [1.807, 2.05) is 0 Å². The number of nitrogens with zero attached hydrogens (tertiary/aromatic N) is 2. The van der Waals surface area contributed by atoms with Gasteiger partial charge in [0.05, 0.1) is 15.1 Å². The summed E-state index contributed by atoms with van der Waals surface area (Å²) in [7, 11) is 0. The molecule has 0 aliphatic rings. The average molecular weight is 296 g/mol. The number of non-ortho nitro benzene ring substituents is 1. The van der Waals surface area contributed by atoms with Gasteiger partial charge in [-0.05, 0) is 12.5 Å². The van der Waals surface area contributed by atoms with Gasteiger partial charge in [0, 0.05) is 17.9 Å². The zero-order valence-electron chi connectivity index (χ0n) is 10.8. The van der Waals surface area contributed by atoms with Gasteiger partial charge in [0.25, 0.3) is 5.69 Å². The highest BCUT2D eigenvalue weighted by Gasteiger charge is 2.10. The Bertz CT molecular complexity index is 569. The Labute approximate surface area is 120 Å². The first kappa shape index (κ1) is 14.3. The molecule has 0 atom stereocenters. The van der Waals surface area contributed by atoms with Gasteiger partial charge in [-0.25, -0.2) is 4.98 Å². The summed E-state index contributed by atoms with van der Waals surface area (Å²) in [6, 6.07) is 4.84. The van der Waals surface area contributed by atoms with E-state index >= 15 is 0 Å². The molecule has 0 spiro atoms. The maximum atomic E-state index is 10.7. The monoisotopic (exact) mass is 296 g/mol. The summed E-state index contributed by atoms with van der Waals surface area (Å²) in [5.74, 6) is 1.07. The Morgan fingerprint density at radius 1 is 1.37 bits per heavy atom. The third-order valence-corrected chi connectivity index (χ3v) is 5.03. The van der Waals surface area contributed by atoms with Crippen molar-refractivity contribution in [2.45, 2.75) is 36.9 Å². The molecule has 2 aromatic rings. The summed E-state index contributed by atoms with van der Waals surface area (Å²) in [6.07, 6.45) is 5.00. The molecule has 0 saturated carbocycles. The van der Waals surface area contributed by atoms with Crippen LogP contribution >= 0.6 is 23.1 Å². The number of aromatic nitrogens is 1. The second-order valence-electron chi connectivity index (χ2n) is 4.30. The van der Waals surface area contributed by atoms with Gasteiger partial charge in [0.15, 0.2) is 4.34 Å². The number of benzene rings is 1. The lowest BCUT2D eigenvalue weighted by molar-refractivity contribution is -0.384. The molecule has 0 fully saturated rings. The second kappa shape index (κ2) is 6.86. The zero-order chi connectivity index (χ0) is 13.7. The van der Waals surface area contributed by atoms with Gasteiger partial charge < -0.3 is 0 Å². The van der Waals surface area contributed by atoms with E-state index < -0.39 is 0 Å². The number of thioether (sulfide) groups is 1. The minimum Gasteiger partial charge on any atom is -0.258 e. The van der Waals surface area contributed by atoms with Crippen molar-refractivity contribution in [3.05, 3.63) is 28.3 Å². The molecule has 6 heteroatoms. The molecular formula is C13H16N2O2S2. The van der Waals surface area contributed by atoms with Crippen LogP contribution < -0.4 is 0 Å². The van der Waals surface area contributed by atoms with Gasteiger partial charge in [0.1, 0.15) is 0 Å². The van der Waals surface area contributed by atoms with Crippen LogP contribution in [0.3, 0.4) is 0 Å². The Kier molecular flexibility index (Phi) is 5.15. The fourth-order valence-corrected chi connectivity index (χ4v) is 3.93. The molecule has 0 aliphatic carbocycles. The van der Waals surface area contributed by atoms with Crippen LogP contribution in [0, 0.1) is 10.1 Å². The molecule has 0 N–H and O–H groups in total. The molecule has 19 heavy (non-hydrogen) atoms. The number of hydrogen-bond donors (Lipinski definition) is 0. The molecule has 0 unspecified atom stereocenters. The fraction of sp³-hybridized carbons (Fsp3) is 0.462. The van der Waals surface area contributed by atoms with E-state index in [9.17, 15) is 10.1 Å². The highest BCUT2D eigenvalue weighted by Crippen LogP contribution is 2.32. The van der Waals surface area contributed by atoms with Crippen LogP contribution in [0.1, 0.15) is 32.6 Å². The summed E-state index contributed by atoms with van der Waals surface area (Å²) in [6.45, 7) is 2.20. The number of fused-ring (bicyclic) bond motifs is 1. The number of nitro groups is 1. The van der Waals surface area contributed by atoms with Gasteiger partial charge in [-0.3, -0.25) is 10.1 Å². The molecular weight excluding hydrogens is 280 g/mol. The molecule has 1 aromatic heterocycles. The largest absolute Gasteiger partial charge is 0.270 e. The third-order valence-electron chi connectivity index (χ3n) is 2.79. The first-order valence-corrected chi connectivity index (χ1v) is 8.18. The molecule has 2 rings (SSSR count). The molecule has 0 bridgehead atoms. The zero-order valence-corrected chi connectivity index (χ0v) is 12.4. The molecule has 102 valence electrons. The van der Waals surface area contributed by atoms with Crippen molar-refractivity contribution in [1.82, 2.24) is 4.98 Å². The molecule has 1 aromatic carbocycles. The fourth-order valence-electron chi connectivity index (χ4n) is 1.76. The van der Waals surface area contributed by atoms with Gasteiger partial charge in [-0.2, -0.15) is 0 Å². The summed E-state index contributed by atoms with van der Waals surface area (Å²) >= 11 is 3.29. The Morgan fingerprint density at radius 2 is 2.21 bits per heavy atom. The van der Waals surface area contributed by atoms with Crippen LogP contribution in [0.2, 0.25) is 0 Å². The summed E-state index contributed by atoms with van der Waals surface area (Å²) in [4.78, 5) is 14.8. The molecule has 1 heterocycles. The molecule has 0 aliphatic heterocycles. The second-order valence-corrected chi connectivity index (χ2v) is 6.67. The number of unbranched alkanes of at least 4 members (excludes halogenated alkanes) is 3. The van der Waals surface area contributed by atoms with E-state index in [0.717, 1.165) is 20.3 Å². The first-order valence-electron chi connectivity index (χ1n) is 6.38. The van der Waals surface area contributed by atoms with Gasteiger partial charge in [-0.15, -0.1) is 11.3 Å². The van der Waals surface area contributed by atoms with E-state index in [-0.39, 0.29) is 10.6 Å². The lowest BCUT2D eigenvalue weighted by Crippen LogP contribution is -1.85. The number of thiazole rings is 1. The van der Waals surface area contributed by atoms with Crippen LogP contribution in [0.4, 0.5) is 5.69 Å². The van der Waals surface area contributed by atoms with Gasteiger partial charge in [-0.1, -0.05) is 37.9 Å². The van der Waals surface area contributed by atoms with E-state index in [2.05, 4.69) is 11.9 Å². The van der Waals surface area contributed by atoms with E-state index in [1.54, 1.807) is 35.2 Å². The van der Waals surface area contributed by atoms with E-state index in [0.29, 0.717) is 0 Å². The SMILES string of the molecule is CCCCCCSc1nc2ccc([N+](=O)[O-])cc2s1. The minimum atomic E-state index is -0.364. The maximum absolute atomic E-state index is 10.7. The summed E-state index contributed by atoms with van der Waals surface area (Å²) < 4.78 is 1.90. The molecule has 0 saturated heterocycles. The van der Waals surface area contributed by atoms with Gasteiger partial charge >= 0.3 is 0 Å². The lowest BCUT2D eigenvalue weighted by Gasteiger charge is -1.96. The predicted molar refractivity (Wildman–Crippen MR) is 81.1 cm³/mol. The first-order chi connectivity index (χ1) is 9.20. The van der Waals surface area contributed by atoms with Crippen molar-refractivity contribution < 1.29 is 4.92 Å². The quantitative estimate of drug-likeness (QED) is 0.316. The van der Waals surface area contributed by atoms with Crippen molar-refractivity contribution in [2.75, 3.05) is 5.75 Å². The molecule has 0 radical (unpaired) electrons. The Hall–Kier alpha value is -1.14. The standard InChI is InChI=1S/C13H16N2O2S2/c1-2-3-4-5-8-18-13-14-11-7-6-10(15(16)17)9-12(11)19-13/h6-7,9H,2-5,8H2,1H3. The van der Waals surface area contributed by atoms with Gasteiger partial charge in [0.2, 0.25) is 0 Å². The Balaban J connectivity index is 1.99. The van der Waals surface area contributed by atoms with Crippen LogP contribution in [-0.2, 0) is 0 Å². The van der Waals surface area contributed by atoms with Crippen LogP contribution in [0.15, 0.2) is 22.5 Å². The van der Waals surface area contributed by atoms with Crippen LogP contribution in [0.5, 0.6) is 0 Å². The number of rotatable bonds is 7. The van der Waals surface area contributed by atoms with E-state index in [4.69, 9.17) is 0 Å². The van der Waals surface area contributed by atoms with Crippen molar-refractivity contribution in [1.29, 1.82) is 0 Å². The summed E-state index contributed by atoms with van der Waals surface area (Å²) in [5, 5.41) is 10.7. The van der Waals surface area contributed by atoms with Crippen molar-refractivity contribution in [3.8, 4) is 0 Å². The predicted octanol–water partition coefficient (Wildman–Crippen LogP) is 4.88. The lowest BCUT2D eigenvalue weighted by atomic mass is 10.2. The average Bonchev–Trinajstić information content (AvgIpc) is 2.80. The topological polar surface area (TPSA) is 56.0 Å². The molecule has 4 nitrogen and oxygen atoms in total. The highest BCUT2D eigenvalue weighted by molar-refractivity contribution is 8.01. The van der Waals surface area contributed by atoms with Crippen LogP contribution in [-0.4, -0.2) is 15.7 Å². The maximum Gasteiger partial charge on any atom is 0.270 e. The Morgan fingerprint density at radius 3 is 2.95 bits per heavy atom.